The van der Waals surface area contributed by atoms with Gasteiger partial charge in [0.05, 0.1) is 12.8 Å². The van der Waals surface area contributed by atoms with E-state index in [9.17, 15) is 0 Å². The summed E-state index contributed by atoms with van der Waals surface area (Å²) >= 11 is 0. The maximum absolute atomic E-state index is 5.60. The standard InChI is InChI=1S/C15H26N2O/c1-12(2)16-10-15-14(7-9-18-15)11-17-8-5-4-6-13(17)3/h7,9,12-13,16H,4-6,8,10-11H2,1-3H3. The molecule has 0 aromatic carbocycles. The Morgan fingerprint density at radius 3 is 3.00 bits per heavy atom. The molecule has 1 N–H and O–H groups in total. The van der Waals surface area contributed by atoms with Crippen molar-refractivity contribution in [3.63, 3.8) is 0 Å². The van der Waals surface area contributed by atoms with E-state index >= 15 is 0 Å². The van der Waals surface area contributed by atoms with Crippen LogP contribution in [-0.2, 0) is 13.1 Å². The zero-order valence-electron chi connectivity index (χ0n) is 11.9. The van der Waals surface area contributed by atoms with Crippen molar-refractivity contribution in [1.82, 2.24) is 10.2 Å². The monoisotopic (exact) mass is 250 g/mol. The first kappa shape index (κ1) is 13.6. The summed E-state index contributed by atoms with van der Waals surface area (Å²) in [5.41, 5.74) is 1.34. The third-order valence-electron chi connectivity index (χ3n) is 3.82. The molecule has 1 aromatic heterocycles. The zero-order valence-corrected chi connectivity index (χ0v) is 11.9. The van der Waals surface area contributed by atoms with Crippen LogP contribution in [0.15, 0.2) is 16.7 Å². The number of hydrogen-bond donors (Lipinski definition) is 1. The van der Waals surface area contributed by atoms with Crippen LogP contribution < -0.4 is 5.32 Å². The number of hydrogen-bond acceptors (Lipinski definition) is 3. The van der Waals surface area contributed by atoms with Gasteiger partial charge in [0.25, 0.3) is 0 Å². The lowest BCUT2D eigenvalue weighted by molar-refractivity contribution is 0.151. The highest BCUT2D eigenvalue weighted by molar-refractivity contribution is 5.17. The number of furan rings is 1. The first-order valence-corrected chi connectivity index (χ1v) is 7.19. The third-order valence-corrected chi connectivity index (χ3v) is 3.82. The number of piperidine rings is 1. The Hall–Kier alpha value is -0.800. The fourth-order valence-corrected chi connectivity index (χ4v) is 2.57. The summed E-state index contributed by atoms with van der Waals surface area (Å²) in [4.78, 5) is 2.58. The Morgan fingerprint density at radius 2 is 2.28 bits per heavy atom. The first-order valence-electron chi connectivity index (χ1n) is 7.19. The molecular weight excluding hydrogens is 224 g/mol. The molecule has 0 aliphatic carbocycles. The van der Waals surface area contributed by atoms with Gasteiger partial charge in [0.1, 0.15) is 5.76 Å². The molecule has 3 nitrogen and oxygen atoms in total. The molecule has 102 valence electrons. The predicted octanol–water partition coefficient (Wildman–Crippen LogP) is 3.15. The molecule has 2 rings (SSSR count). The quantitative estimate of drug-likeness (QED) is 0.870. The molecule has 0 radical (unpaired) electrons. The van der Waals surface area contributed by atoms with E-state index in [2.05, 4.69) is 37.1 Å². The van der Waals surface area contributed by atoms with Crippen molar-refractivity contribution in [2.24, 2.45) is 0 Å². The van der Waals surface area contributed by atoms with Gasteiger partial charge in [-0.05, 0) is 32.4 Å². The SMILES string of the molecule is CC(C)NCc1occc1CN1CCCCC1C. The zero-order chi connectivity index (χ0) is 13.0. The molecule has 0 bridgehead atoms. The summed E-state index contributed by atoms with van der Waals surface area (Å²) in [6.45, 7) is 9.76. The van der Waals surface area contributed by atoms with E-state index in [-0.39, 0.29) is 0 Å². The summed E-state index contributed by atoms with van der Waals surface area (Å²) in [5.74, 6) is 1.10. The van der Waals surface area contributed by atoms with Crippen LogP contribution in [-0.4, -0.2) is 23.5 Å². The molecule has 1 fully saturated rings. The molecule has 1 aliphatic heterocycles. The van der Waals surface area contributed by atoms with Gasteiger partial charge in [-0.25, -0.2) is 0 Å². The maximum Gasteiger partial charge on any atom is 0.122 e. The molecule has 0 saturated carbocycles. The van der Waals surface area contributed by atoms with Crippen LogP contribution in [0.3, 0.4) is 0 Å². The molecule has 1 aromatic rings. The summed E-state index contributed by atoms with van der Waals surface area (Å²) < 4.78 is 5.60. The average Bonchev–Trinajstić information content (AvgIpc) is 2.77. The van der Waals surface area contributed by atoms with Crippen molar-refractivity contribution in [2.45, 2.75) is 65.2 Å². The molecule has 0 spiro atoms. The fraction of sp³-hybridized carbons (Fsp3) is 0.733. The van der Waals surface area contributed by atoms with Crippen LogP contribution in [0.5, 0.6) is 0 Å². The molecule has 1 aliphatic rings. The molecule has 18 heavy (non-hydrogen) atoms. The van der Waals surface area contributed by atoms with Gasteiger partial charge in [0.2, 0.25) is 0 Å². The second kappa shape index (κ2) is 6.39. The molecule has 1 atom stereocenters. The molecule has 0 amide bonds. The third kappa shape index (κ3) is 3.59. The lowest BCUT2D eigenvalue weighted by atomic mass is 10.0. The van der Waals surface area contributed by atoms with Crippen molar-refractivity contribution in [2.75, 3.05) is 6.54 Å². The number of rotatable bonds is 5. The summed E-state index contributed by atoms with van der Waals surface area (Å²) in [5, 5.41) is 3.42. The Morgan fingerprint density at radius 1 is 1.44 bits per heavy atom. The highest BCUT2D eigenvalue weighted by atomic mass is 16.3. The van der Waals surface area contributed by atoms with Crippen molar-refractivity contribution >= 4 is 0 Å². The lowest BCUT2D eigenvalue weighted by Gasteiger charge is -2.33. The van der Waals surface area contributed by atoms with E-state index in [1.807, 2.05) is 6.26 Å². The summed E-state index contributed by atoms with van der Waals surface area (Å²) in [6.07, 6.45) is 5.87. The van der Waals surface area contributed by atoms with Gasteiger partial charge in [0, 0.05) is 24.2 Å². The topological polar surface area (TPSA) is 28.4 Å². The Balaban J connectivity index is 1.94. The van der Waals surface area contributed by atoms with Gasteiger partial charge < -0.3 is 9.73 Å². The lowest BCUT2D eigenvalue weighted by Crippen LogP contribution is -2.37. The Kier molecular flexibility index (Phi) is 4.84. The molecule has 2 heterocycles. The number of nitrogens with zero attached hydrogens (tertiary/aromatic N) is 1. The fourth-order valence-electron chi connectivity index (χ4n) is 2.57. The average molecular weight is 250 g/mol. The van der Waals surface area contributed by atoms with Gasteiger partial charge in [0.15, 0.2) is 0 Å². The number of nitrogens with one attached hydrogen (secondary N) is 1. The second-order valence-corrected chi connectivity index (χ2v) is 5.72. The highest BCUT2D eigenvalue weighted by Gasteiger charge is 2.20. The largest absolute Gasteiger partial charge is 0.468 e. The van der Waals surface area contributed by atoms with E-state index in [4.69, 9.17) is 4.42 Å². The minimum Gasteiger partial charge on any atom is -0.468 e. The van der Waals surface area contributed by atoms with Gasteiger partial charge in [-0.1, -0.05) is 20.3 Å². The van der Waals surface area contributed by atoms with Gasteiger partial charge >= 0.3 is 0 Å². The first-order chi connectivity index (χ1) is 8.66. The van der Waals surface area contributed by atoms with Gasteiger partial charge in [-0.15, -0.1) is 0 Å². The summed E-state index contributed by atoms with van der Waals surface area (Å²) in [7, 11) is 0. The molecule has 3 heteroatoms. The van der Waals surface area contributed by atoms with E-state index in [0.29, 0.717) is 12.1 Å². The smallest absolute Gasteiger partial charge is 0.122 e. The minimum atomic E-state index is 0.497. The predicted molar refractivity (Wildman–Crippen MR) is 74.4 cm³/mol. The highest BCUT2D eigenvalue weighted by Crippen LogP contribution is 2.21. The van der Waals surface area contributed by atoms with Crippen LogP contribution in [0.1, 0.15) is 51.4 Å². The van der Waals surface area contributed by atoms with Crippen LogP contribution in [0.4, 0.5) is 0 Å². The van der Waals surface area contributed by atoms with Crippen molar-refractivity contribution in [3.8, 4) is 0 Å². The van der Waals surface area contributed by atoms with E-state index < -0.39 is 0 Å². The molecular formula is C15H26N2O. The van der Waals surface area contributed by atoms with Crippen molar-refractivity contribution in [3.05, 3.63) is 23.7 Å². The minimum absolute atomic E-state index is 0.497. The van der Waals surface area contributed by atoms with Gasteiger partial charge in [-0.2, -0.15) is 0 Å². The van der Waals surface area contributed by atoms with Crippen LogP contribution in [0.2, 0.25) is 0 Å². The maximum atomic E-state index is 5.60. The van der Waals surface area contributed by atoms with Crippen LogP contribution in [0.25, 0.3) is 0 Å². The summed E-state index contributed by atoms with van der Waals surface area (Å²) in [6, 6.07) is 3.33. The van der Waals surface area contributed by atoms with Gasteiger partial charge in [-0.3, -0.25) is 4.90 Å². The van der Waals surface area contributed by atoms with Crippen LogP contribution >= 0.6 is 0 Å². The molecule has 1 saturated heterocycles. The van der Waals surface area contributed by atoms with Crippen molar-refractivity contribution in [1.29, 1.82) is 0 Å². The Bertz CT molecular complexity index is 359. The second-order valence-electron chi connectivity index (χ2n) is 5.72. The van der Waals surface area contributed by atoms with E-state index in [1.165, 1.54) is 31.4 Å². The van der Waals surface area contributed by atoms with E-state index in [0.717, 1.165) is 18.8 Å². The Labute approximate surface area is 111 Å². The number of likely N-dealkylation sites (tertiary alicyclic amines) is 1. The van der Waals surface area contributed by atoms with Crippen molar-refractivity contribution < 1.29 is 4.42 Å². The normalized spacial score (nSPS) is 21.7. The van der Waals surface area contributed by atoms with Crippen LogP contribution in [0, 0.1) is 0 Å². The molecule has 1 unspecified atom stereocenters. The van der Waals surface area contributed by atoms with E-state index in [1.54, 1.807) is 0 Å².